The van der Waals surface area contributed by atoms with E-state index in [4.69, 9.17) is 0 Å². The fourth-order valence-corrected chi connectivity index (χ4v) is 5.41. The van der Waals surface area contributed by atoms with Gasteiger partial charge in [0.2, 0.25) is 11.8 Å². The molecule has 5 nitrogen and oxygen atoms in total. The van der Waals surface area contributed by atoms with E-state index in [1.54, 1.807) is 16.7 Å². The van der Waals surface area contributed by atoms with Gasteiger partial charge in [-0.3, -0.25) is 14.5 Å². The standard InChI is InChI=1S/C23H29N3O2S2/c1-29-20-6-4-19(5-7-20)26-15-18(13-22(26)27)23(28)24-14-17-8-10-25(11-9-17)16-21-3-2-12-30-21/h2-7,12,17-18H,8-11,13-16H2,1H3,(H,24,28). The van der Waals surface area contributed by atoms with Gasteiger partial charge in [-0.05, 0) is 73.8 Å². The molecule has 1 unspecified atom stereocenters. The largest absolute Gasteiger partial charge is 0.356 e. The molecule has 4 rings (SSSR count). The van der Waals surface area contributed by atoms with Crippen LogP contribution in [0.1, 0.15) is 24.1 Å². The van der Waals surface area contributed by atoms with Gasteiger partial charge in [-0.1, -0.05) is 6.07 Å². The highest BCUT2D eigenvalue weighted by Gasteiger charge is 2.35. The summed E-state index contributed by atoms with van der Waals surface area (Å²) in [5.41, 5.74) is 0.881. The number of benzene rings is 1. The molecule has 3 heterocycles. The summed E-state index contributed by atoms with van der Waals surface area (Å²) in [6.45, 7) is 4.40. The number of carbonyl (C=O) groups excluding carboxylic acids is 2. The van der Waals surface area contributed by atoms with Crippen LogP contribution in [0.5, 0.6) is 0 Å². The van der Waals surface area contributed by atoms with E-state index in [-0.39, 0.29) is 17.7 Å². The van der Waals surface area contributed by atoms with Crippen LogP contribution in [0, 0.1) is 11.8 Å². The van der Waals surface area contributed by atoms with Crippen molar-refractivity contribution in [2.75, 3.05) is 37.3 Å². The summed E-state index contributed by atoms with van der Waals surface area (Å²) in [6, 6.07) is 12.3. The molecule has 1 aromatic carbocycles. The fourth-order valence-electron chi connectivity index (χ4n) is 4.26. The molecule has 160 valence electrons. The number of anilines is 1. The predicted molar refractivity (Wildman–Crippen MR) is 124 cm³/mol. The average Bonchev–Trinajstić information content (AvgIpc) is 3.43. The molecular formula is C23H29N3O2S2. The van der Waals surface area contributed by atoms with Gasteiger partial charge in [0, 0.05) is 41.5 Å². The van der Waals surface area contributed by atoms with Crippen molar-refractivity contribution in [2.24, 2.45) is 11.8 Å². The Balaban J connectivity index is 1.21. The number of rotatable bonds is 7. The summed E-state index contributed by atoms with van der Waals surface area (Å²) in [6.07, 6.45) is 4.56. The number of likely N-dealkylation sites (tertiary alicyclic amines) is 1. The molecule has 1 aromatic heterocycles. The summed E-state index contributed by atoms with van der Waals surface area (Å²) in [5.74, 6) is 0.332. The van der Waals surface area contributed by atoms with Gasteiger partial charge in [0.1, 0.15) is 0 Å². The number of nitrogens with zero attached hydrogens (tertiary/aromatic N) is 2. The Morgan fingerprint density at radius 3 is 2.63 bits per heavy atom. The number of nitrogens with one attached hydrogen (secondary N) is 1. The van der Waals surface area contributed by atoms with E-state index < -0.39 is 0 Å². The lowest BCUT2D eigenvalue weighted by Gasteiger charge is -2.31. The van der Waals surface area contributed by atoms with Gasteiger partial charge in [0.05, 0.1) is 5.92 Å². The van der Waals surface area contributed by atoms with Crippen molar-refractivity contribution in [1.82, 2.24) is 10.2 Å². The van der Waals surface area contributed by atoms with Crippen LogP contribution in [-0.2, 0) is 16.1 Å². The third kappa shape index (κ3) is 5.25. The SMILES string of the molecule is CSc1ccc(N2CC(C(=O)NCC3CCN(Cc4cccs4)CC3)CC2=O)cc1. The van der Waals surface area contributed by atoms with Crippen molar-refractivity contribution in [2.45, 2.75) is 30.7 Å². The topological polar surface area (TPSA) is 52.7 Å². The van der Waals surface area contributed by atoms with E-state index >= 15 is 0 Å². The van der Waals surface area contributed by atoms with Gasteiger partial charge in [-0.25, -0.2) is 0 Å². The number of hydrogen-bond donors (Lipinski definition) is 1. The predicted octanol–water partition coefficient (Wildman–Crippen LogP) is 3.85. The van der Waals surface area contributed by atoms with E-state index in [2.05, 4.69) is 27.7 Å². The molecule has 0 spiro atoms. The van der Waals surface area contributed by atoms with Gasteiger partial charge >= 0.3 is 0 Å². The molecule has 7 heteroatoms. The Hall–Kier alpha value is -1.83. The highest BCUT2D eigenvalue weighted by atomic mass is 32.2. The van der Waals surface area contributed by atoms with Gasteiger partial charge in [0.25, 0.3) is 0 Å². The molecule has 0 radical (unpaired) electrons. The van der Waals surface area contributed by atoms with Gasteiger partial charge in [-0.2, -0.15) is 0 Å². The van der Waals surface area contributed by atoms with Crippen molar-refractivity contribution < 1.29 is 9.59 Å². The van der Waals surface area contributed by atoms with Crippen molar-refractivity contribution in [1.29, 1.82) is 0 Å². The number of thiophene rings is 1. The molecule has 2 aliphatic heterocycles. The van der Waals surface area contributed by atoms with E-state index in [9.17, 15) is 9.59 Å². The molecule has 1 N–H and O–H groups in total. The van der Waals surface area contributed by atoms with Crippen molar-refractivity contribution in [3.05, 3.63) is 46.7 Å². The first-order chi connectivity index (χ1) is 14.6. The van der Waals surface area contributed by atoms with E-state index in [1.807, 2.05) is 41.9 Å². The summed E-state index contributed by atoms with van der Waals surface area (Å²) >= 11 is 3.49. The second-order valence-electron chi connectivity index (χ2n) is 8.15. The second-order valence-corrected chi connectivity index (χ2v) is 10.1. The number of thioether (sulfide) groups is 1. The minimum atomic E-state index is -0.253. The minimum Gasteiger partial charge on any atom is -0.356 e. The first-order valence-corrected chi connectivity index (χ1v) is 12.7. The van der Waals surface area contributed by atoms with Crippen LogP contribution in [0.4, 0.5) is 5.69 Å². The van der Waals surface area contributed by atoms with Crippen LogP contribution in [0.2, 0.25) is 0 Å². The zero-order valence-electron chi connectivity index (χ0n) is 17.4. The Bertz CT molecular complexity index is 846. The van der Waals surface area contributed by atoms with E-state index in [1.165, 1.54) is 9.77 Å². The number of carbonyl (C=O) groups is 2. The molecule has 0 saturated carbocycles. The fraction of sp³-hybridized carbons (Fsp3) is 0.478. The zero-order valence-corrected chi connectivity index (χ0v) is 19.0. The molecule has 2 saturated heterocycles. The van der Waals surface area contributed by atoms with Crippen LogP contribution in [0.25, 0.3) is 0 Å². The maximum atomic E-state index is 12.7. The normalized spacial score (nSPS) is 20.6. The molecule has 2 amide bonds. The lowest BCUT2D eigenvalue weighted by Crippen LogP contribution is -2.40. The highest BCUT2D eigenvalue weighted by Crippen LogP contribution is 2.27. The number of amides is 2. The van der Waals surface area contributed by atoms with Crippen molar-refractivity contribution >= 4 is 40.6 Å². The molecule has 1 atom stereocenters. The summed E-state index contributed by atoms with van der Waals surface area (Å²) in [7, 11) is 0. The van der Waals surface area contributed by atoms with Crippen LogP contribution in [-0.4, -0.2) is 49.1 Å². The molecular weight excluding hydrogens is 414 g/mol. The number of hydrogen-bond acceptors (Lipinski definition) is 5. The third-order valence-corrected chi connectivity index (χ3v) is 7.72. The molecule has 30 heavy (non-hydrogen) atoms. The van der Waals surface area contributed by atoms with Crippen molar-refractivity contribution in [3.8, 4) is 0 Å². The molecule has 2 fully saturated rings. The molecule has 0 bridgehead atoms. The van der Waals surface area contributed by atoms with Crippen LogP contribution in [0.15, 0.2) is 46.7 Å². The van der Waals surface area contributed by atoms with Crippen molar-refractivity contribution in [3.63, 3.8) is 0 Å². The second kappa shape index (κ2) is 9.98. The summed E-state index contributed by atoms with van der Waals surface area (Å²) in [5, 5.41) is 5.26. The monoisotopic (exact) mass is 443 g/mol. The van der Waals surface area contributed by atoms with Crippen LogP contribution in [0.3, 0.4) is 0 Å². The highest BCUT2D eigenvalue weighted by molar-refractivity contribution is 7.98. The van der Waals surface area contributed by atoms with E-state index in [0.29, 0.717) is 18.9 Å². The molecule has 0 aliphatic carbocycles. The quantitative estimate of drug-likeness (QED) is 0.661. The Morgan fingerprint density at radius 1 is 1.20 bits per heavy atom. The Kier molecular flexibility index (Phi) is 7.12. The van der Waals surface area contributed by atoms with E-state index in [0.717, 1.165) is 44.7 Å². The number of piperidine rings is 1. The maximum absolute atomic E-state index is 12.7. The van der Waals surface area contributed by atoms with Gasteiger partial charge < -0.3 is 10.2 Å². The Morgan fingerprint density at radius 2 is 1.97 bits per heavy atom. The average molecular weight is 444 g/mol. The lowest BCUT2D eigenvalue weighted by atomic mass is 9.96. The Labute approximate surface area is 186 Å². The first-order valence-electron chi connectivity index (χ1n) is 10.6. The first kappa shape index (κ1) is 21.4. The van der Waals surface area contributed by atoms with Gasteiger partial charge in [-0.15, -0.1) is 23.1 Å². The summed E-state index contributed by atoms with van der Waals surface area (Å²) in [4.78, 5) is 32.0. The zero-order chi connectivity index (χ0) is 20.9. The van der Waals surface area contributed by atoms with Gasteiger partial charge in [0.15, 0.2) is 0 Å². The lowest BCUT2D eigenvalue weighted by molar-refractivity contribution is -0.126. The molecule has 2 aliphatic rings. The smallest absolute Gasteiger partial charge is 0.227 e. The minimum absolute atomic E-state index is 0.0209. The van der Waals surface area contributed by atoms with Crippen LogP contribution >= 0.6 is 23.1 Å². The third-order valence-electron chi connectivity index (χ3n) is 6.11. The molecule has 2 aromatic rings. The summed E-state index contributed by atoms with van der Waals surface area (Å²) < 4.78 is 0. The van der Waals surface area contributed by atoms with Crippen LogP contribution < -0.4 is 10.2 Å². The maximum Gasteiger partial charge on any atom is 0.227 e.